The van der Waals surface area contributed by atoms with Crippen LogP contribution in [0.2, 0.25) is 0 Å². The van der Waals surface area contributed by atoms with Gasteiger partial charge in [-0.2, -0.15) is 0 Å². The molecule has 2 N–H and O–H groups in total. The van der Waals surface area contributed by atoms with E-state index in [2.05, 4.69) is 9.98 Å². The van der Waals surface area contributed by atoms with Crippen molar-refractivity contribution in [2.24, 2.45) is 10.7 Å². The summed E-state index contributed by atoms with van der Waals surface area (Å²) in [5, 5.41) is 1.00. The zero-order chi connectivity index (χ0) is 12.3. The minimum absolute atomic E-state index is 0.00825. The van der Waals surface area contributed by atoms with E-state index in [1.807, 2.05) is 50.4 Å². The Hall–Kier alpha value is -1.68. The lowest BCUT2D eigenvalue weighted by molar-refractivity contribution is 0.807. The minimum atomic E-state index is 0.00825. The van der Waals surface area contributed by atoms with Crippen molar-refractivity contribution >= 4 is 17.2 Å². The molecule has 17 heavy (non-hydrogen) atoms. The van der Waals surface area contributed by atoms with Crippen LogP contribution in [-0.4, -0.2) is 10.8 Å². The van der Waals surface area contributed by atoms with E-state index in [-0.39, 0.29) is 6.04 Å². The van der Waals surface area contributed by atoms with Gasteiger partial charge in [0, 0.05) is 16.6 Å². The normalized spacial score (nSPS) is 13.6. The first-order valence-corrected chi connectivity index (χ1v) is 6.29. The van der Waals surface area contributed by atoms with Crippen LogP contribution >= 0.6 is 11.3 Å². The van der Waals surface area contributed by atoms with Crippen molar-refractivity contribution in [1.29, 1.82) is 0 Å². The Morgan fingerprint density at radius 2 is 2.06 bits per heavy atom. The van der Waals surface area contributed by atoms with E-state index >= 15 is 0 Å². The molecule has 0 bridgehead atoms. The van der Waals surface area contributed by atoms with E-state index in [1.54, 1.807) is 11.3 Å². The van der Waals surface area contributed by atoms with Gasteiger partial charge in [-0.15, -0.1) is 11.3 Å². The van der Waals surface area contributed by atoms with Crippen LogP contribution in [0.15, 0.2) is 41.5 Å². The summed E-state index contributed by atoms with van der Waals surface area (Å²) in [6.45, 7) is 4.05. The molecule has 0 amide bonds. The highest BCUT2D eigenvalue weighted by Gasteiger charge is 2.08. The molecular formula is C13H15N3S. The molecule has 4 heteroatoms. The Morgan fingerprint density at radius 3 is 2.65 bits per heavy atom. The Labute approximate surface area is 105 Å². The van der Waals surface area contributed by atoms with Crippen LogP contribution < -0.4 is 5.73 Å². The summed E-state index contributed by atoms with van der Waals surface area (Å²) in [6.07, 6.45) is 1.87. The number of rotatable bonds is 3. The molecule has 2 rings (SSSR count). The van der Waals surface area contributed by atoms with Gasteiger partial charge in [-0.05, 0) is 13.8 Å². The summed E-state index contributed by atoms with van der Waals surface area (Å²) < 4.78 is 0. The smallest absolute Gasteiger partial charge is 0.126 e. The minimum Gasteiger partial charge on any atom is -0.383 e. The zero-order valence-corrected chi connectivity index (χ0v) is 10.7. The van der Waals surface area contributed by atoms with E-state index in [0.717, 1.165) is 10.6 Å². The second kappa shape index (κ2) is 5.10. The van der Waals surface area contributed by atoms with E-state index < -0.39 is 0 Å². The highest BCUT2D eigenvalue weighted by atomic mass is 32.1. The molecule has 0 saturated heterocycles. The maximum Gasteiger partial charge on any atom is 0.126 e. The SMILES string of the molecule is Cc1cnc(C(C)N=C(N)c2ccccc2)s1. The molecule has 0 fully saturated rings. The molecular weight excluding hydrogens is 230 g/mol. The van der Waals surface area contributed by atoms with Crippen LogP contribution in [0.4, 0.5) is 0 Å². The molecule has 1 atom stereocenters. The van der Waals surface area contributed by atoms with E-state index in [0.29, 0.717) is 5.84 Å². The van der Waals surface area contributed by atoms with Crippen LogP contribution in [0.5, 0.6) is 0 Å². The summed E-state index contributed by atoms with van der Waals surface area (Å²) in [5.41, 5.74) is 6.92. The molecule has 1 aromatic heterocycles. The fourth-order valence-electron chi connectivity index (χ4n) is 1.51. The van der Waals surface area contributed by atoms with Crippen molar-refractivity contribution in [3.8, 4) is 0 Å². The van der Waals surface area contributed by atoms with Gasteiger partial charge >= 0.3 is 0 Å². The van der Waals surface area contributed by atoms with Crippen LogP contribution in [0, 0.1) is 6.92 Å². The highest BCUT2D eigenvalue weighted by molar-refractivity contribution is 7.11. The first kappa shape index (κ1) is 11.8. The standard InChI is InChI=1S/C13H15N3S/c1-9-8-15-13(17-9)10(2)16-12(14)11-6-4-3-5-7-11/h3-8,10H,1-2H3,(H2,14,16). The fourth-order valence-corrected chi connectivity index (χ4v) is 2.28. The Morgan fingerprint density at radius 1 is 1.35 bits per heavy atom. The number of thiazole rings is 1. The molecule has 0 spiro atoms. The summed E-state index contributed by atoms with van der Waals surface area (Å²) >= 11 is 1.66. The third-order valence-corrected chi connectivity index (χ3v) is 3.48. The molecule has 88 valence electrons. The summed E-state index contributed by atoms with van der Waals surface area (Å²) in [5.74, 6) is 0.561. The van der Waals surface area contributed by atoms with Gasteiger partial charge < -0.3 is 5.73 Å². The average molecular weight is 245 g/mol. The highest BCUT2D eigenvalue weighted by Crippen LogP contribution is 2.22. The van der Waals surface area contributed by atoms with E-state index in [9.17, 15) is 0 Å². The van der Waals surface area contributed by atoms with Gasteiger partial charge in [-0.25, -0.2) is 4.98 Å². The molecule has 0 aliphatic carbocycles. The number of hydrogen-bond donors (Lipinski definition) is 1. The molecule has 3 nitrogen and oxygen atoms in total. The summed E-state index contributed by atoms with van der Waals surface area (Å²) in [7, 11) is 0. The fraction of sp³-hybridized carbons (Fsp3) is 0.231. The lowest BCUT2D eigenvalue weighted by Crippen LogP contribution is -2.14. The summed E-state index contributed by atoms with van der Waals surface area (Å²) in [6, 6.07) is 9.79. The third kappa shape index (κ3) is 2.91. The number of nitrogens with two attached hydrogens (primary N) is 1. The quantitative estimate of drug-likeness (QED) is 0.667. The predicted octanol–water partition coefficient (Wildman–Crippen LogP) is 2.92. The molecule has 0 aliphatic heterocycles. The van der Waals surface area contributed by atoms with Crippen molar-refractivity contribution in [1.82, 2.24) is 4.98 Å². The topological polar surface area (TPSA) is 51.3 Å². The number of aromatic nitrogens is 1. The average Bonchev–Trinajstić information content (AvgIpc) is 2.77. The van der Waals surface area contributed by atoms with Gasteiger partial charge in [-0.1, -0.05) is 30.3 Å². The predicted molar refractivity (Wildman–Crippen MR) is 72.4 cm³/mol. The molecule has 0 aliphatic rings. The molecule has 1 heterocycles. The van der Waals surface area contributed by atoms with Crippen molar-refractivity contribution in [2.75, 3.05) is 0 Å². The van der Waals surface area contributed by atoms with Crippen LogP contribution in [0.3, 0.4) is 0 Å². The van der Waals surface area contributed by atoms with Gasteiger partial charge in [0.25, 0.3) is 0 Å². The number of hydrogen-bond acceptors (Lipinski definition) is 3. The first-order chi connectivity index (χ1) is 8.16. The van der Waals surface area contributed by atoms with Crippen LogP contribution in [-0.2, 0) is 0 Å². The van der Waals surface area contributed by atoms with Gasteiger partial charge in [-0.3, -0.25) is 4.99 Å². The van der Waals surface area contributed by atoms with E-state index in [1.165, 1.54) is 4.88 Å². The van der Waals surface area contributed by atoms with Crippen LogP contribution in [0.25, 0.3) is 0 Å². The monoisotopic (exact) mass is 245 g/mol. The second-order valence-electron chi connectivity index (χ2n) is 3.87. The number of benzene rings is 1. The number of aryl methyl sites for hydroxylation is 1. The lowest BCUT2D eigenvalue weighted by atomic mass is 10.2. The maximum absolute atomic E-state index is 5.97. The molecule has 1 unspecified atom stereocenters. The van der Waals surface area contributed by atoms with E-state index in [4.69, 9.17) is 5.73 Å². The Kier molecular flexibility index (Phi) is 3.54. The van der Waals surface area contributed by atoms with Gasteiger partial charge in [0.05, 0.1) is 0 Å². The van der Waals surface area contributed by atoms with Gasteiger partial charge in [0.2, 0.25) is 0 Å². The largest absolute Gasteiger partial charge is 0.383 e. The second-order valence-corrected chi connectivity index (χ2v) is 5.13. The molecule has 0 radical (unpaired) electrons. The Bertz CT molecular complexity index is 516. The van der Waals surface area contributed by atoms with Crippen molar-refractivity contribution in [2.45, 2.75) is 19.9 Å². The first-order valence-electron chi connectivity index (χ1n) is 5.48. The molecule has 1 aromatic carbocycles. The number of amidine groups is 1. The van der Waals surface area contributed by atoms with Crippen molar-refractivity contribution in [3.63, 3.8) is 0 Å². The van der Waals surface area contributed by atoms with Gasteiger partial charge in [0.15, 0.2) is 0 Å². The molecule has 2 aromatic rings. The number of nitrogens with zero attached hydrogens (tertiary/aromatic N) is 2. The summed E-state index contributed by atoms with van der Waals surface area (Å²) in [4.78, 5) is 9.99. The number of aliphatic imine (C=N–C) groups is 1. The van der Waals surface area contributed by atoms with Gasteiger partial charge in [0.1, 0.15) is 16.9 Å². The zero-order valence-electron chi connectivity index (χ0n) is 9.92. The maximum atomic E-state index is 5.97. The van der Waals surface area contributed by atoms with Crippen LogP contribution in [0.1, 0.15) is 28.4 Å². The lowest BCUT2D eigenvalue weighted by Gasteiger charge is -2.05. The molecule has 0 saturated carbocycles. The Balaban J connectivity index is 2.19. The van der Waals surface area contributed by atoms with Crippen molar-refractivity contribution in [3.05, 3.63) is 52.0 Å². The third-order valence-electron chi connectivity index (χ3n) is 2.40. The van der Waals surface area contributed by atoms with Crippen molar-refractivity contribution < 1.29 is 0 Å².